The van der Waals surface area contributed by atoms with Gasteiger partial charge in [-0.3, -0.25) is 4.79 Å². The van der Waals surface area contributed by atoms with Gasteiger partial charge in [-0.15, -0.1) is 0 Å². The molecule has 2 aromatic carbocycles. The molecule has 0 aliphatic heterocycles. The number of fused-ring (bicyclic) bond motifs is 1. The van der Waals surface area contributed by atoms with E-state index in [9.17, 15) is 9.59 Å². The van der Waals surface area contributed by atoms with Crippen molar-refractivity contribution >= 4 is 22.7 Å². The molecule has 0 unspecified atom stereocenters. The molecule has 0 amide bonds. The molecule has 0 aliphatic carbocycles. The van der Waals surface area contributed by atoms with E-state index in [0.717, 1.165) is 22.0 Å². The Hall–Kier alpha value is -3.08. The molecule has 0 saturated carbocycles. The van der Waals surface area contributed by atoms with Crippen LogP contribution in [-0.4, -0.2) is 30.0 Å². The molecule has 1 N–H and O–H groups in total. The van der Waals surface area contributed by atoms with Crippen LogP contribution in [0.4, 0.5) is 0 Å². The van der Waals surface area contributed by atoms with Gasteiger partial charge >= 0.3 is 5.97 Å². The number of nitrogens with one attached hydrogen (secondary N) is 1. The fourth-order valence-corrected chi connectivity index (χ4v) is 2.73. The average molecular weight is 337 g/mol. The van der Waals surface area contributed by atoms with Gasteiger partial charge in [-0.25, -0.2) is 4.79 Å². The summed E-state index contributed by atoms with van der Waals surface area (Å²) in [4.78, 5) is 27.1. The fraction of sp³-hybridized carbons (Fsp3) is 0.200. The van der Waals surface area contributed by atoms with E-state index >= 15 is 0 Å². The van der Waals surface area contributed by atoms with Crippen LogP contribution in [0.25, 0.3) is 10.9 Å². The molecule has 5 heteroatoms. The van der Waals surface area contributed by atoms with E-state index in [4.69, 9.17) is 9.47 Å². The highest BCUT2D eigenvalue weighted by Crippen LogP contribution is 2.18. The van der Waals surface area contributed by atoms with Gasteiger partial charge in [0.05, 0.1) is 0 Å². The highest BCUT2D eigenvalue weighted by atomic mass is 16.6. The predicted molar refractivity (Wildman–Crippen MR) is 95.0 cm³/mol. The monoisotopic (exact) mass is 337 g/mol. The minimum atomic E-state index is -0.577. The summed E-state index contributed by atoms with van der Waals surface area (Å²) < 4.78 is 10.5. The first-order chi connectivity index (χ1) is 12.0. The topological polar surface area (TPSA) is 68.4 Å². The molecule has 1 aromatic heterocycles. The number of benzene rings is 2. The van der Waals surface area contributed by atoms with Crippen LogP contribution in [0.1, 0.15) is 21.5 Å². The van der Waals surface area contributed by atoms with E-state index in [1.54, 1.807) is 6.20 Å². The Kier molecular flexibility index (Phi) is 4.84. The molecule has 0 fully saturated rings. The first-order valence-electron chi connectivity index (χ1n) is 7.99. The second-order valence-corrected chi connectivity index (χ2v) is 5.94. The quantitative estimate of drug-likeness (QED) is 0.551. The summed E-state index contributed by atoms with van der Waals surface area (Å²) in [5, 5.41) is 0.815. The van der Waals surface area contributed by atoms with Crippen molar-refractivity contribution in [2.45, 2.75) is 13.8 Å². The van der Waals surface area contributed by atoms with Crippen LogP contribution in [0.5, 0.6) is 5.75 Å². The van der Waals surface area contributed by atoms with Crippen LogP contribution in [0, 0.1) is 13.8 Å². The molecule has 25 heavy (non-hydrogen) atoms. The molecule has 0 saturated heterocycles. The van der Waals surface area contributed by atoms with E-state index in [2.05, 4.69) is 4.98 Å². The summed E-state index contributed by atoms with van der Waals surface area (Å²) in [7, 11) is 0. The highest BCUT2D eigenvalue weighted by molar-refractivity contribution is 6.08. The number of rotatable bonds is 6. The lowest BCUT2D eigenvalue weighted by molar-refractivity contribution is -0.144. The second kappa shape index (κ2) is 7.21. The number of aromatic amines is 1. The normalized spacial score (nSPS) is 10.6. The SMILES string of the molecule is Cc1cc(C)cc(OCC(=O)OCC(=O)c2c[nH]c3ccccc23)c1. The van der Waals surface area contributed by atoms with Crippen LogP contribution >= 0.6 is 0 Å². The van der Waals surface area contributed by atoms with E-state index in [1.807, 2.05) is 56.3 Å². The maximum Gasteiger partial charge on any atom is 0.344 e. The second-order valence-electron chi connectivity index (χ2n) is 5.94. The zero-order valence-electron chi connectivity index (χ0n) is 14.2. The lowest BCUT2D eigenvalue weighted by Gasteiger charge is -2.08. The average Bonchev–Trinajstić information content (AvgIpc) is 3.01. The fourth-order valence-electron chi connectivity index (χ4n) is 2.73. The zero-order chi connectivity index (χ0) is 17.8. The zero-order valence-corrected chi connectivity index (χ0v) is 14.2. The van der Waals surface area contributed by atoms with E-state index < -0.39 is 5.97 Å². The number of esters is 1. The summed E-state index contributed by atoms with van der Waals surface area (Å²) >= 11 is 0. The maximum atomic E-state index is 12.2. The molecule has 0 radical (unpaired) electrons. The highest BCUT2D eigenvalue weighted by Gasteiger charge is 2.14. The molecular weight excluding hydrogens is 318 g/mol. The molecule has 0 bridgehead atoms. The van der Waals surface area contributed by atoms with E-state index in [-0.39, 0.29) is 19.0 Å². The Morgan fingerprint density at radius 1 is 1.00 bits per heavy atom. The van der Waals surface area contributed by atoms with Gasteiger partial charge in [0.15, 0.2) is 13.2 Å². The van der Waals surface area contributed by atoms with Crippen LogP contribution in [0.3, 0.4) is 0 Å². The number of aryl methyl sites for hydroxylation is 2. The van der Waals surface area contributed by atoms with Gasteiger partial charge in [0.1, 0.15) is 5.75 Å². The number of Topliss-reactive ketones (excluding diaryl/α,β-unsaturated/α-hetero) is 1. The van der Waals surface area contributed by atoms with E-state index in [0.29, 0.717) is 11.3 Å². The van der Waals surface area contributed by atoms with Crippen molar-refractivity contribution in [1.29, 1.82) is 0 Å². The number of ketones is 1. The standard InChI is InChI=1S/C20H19NO4/c1-13-7-14(2)9-15(8-13)24-12-20(23)25-11-19(22)17-10-21-18-6-4-3-5-16(17)18/h3-10,21H,11-12H2,1-2H3. The summed E-state index contributed by atoms with van der Waals surface area (Å²) in [5.74, 6) is -0.220. The summed E-state index contributed by atoms with van der Waals surface area (Å²) in [6.45, 7) is 3.37. The van der Waals surface area contributed by atoms with Crippen LogP contribution in [0.15, 0.2) is 48.7 Å². The van der Waals surface area contributed by atoms with Crippen LogP contribution in [-0.2, 0) is 9.53 Å². The molecule has 5 nitrogen and oxygen atoms in total. The minimum Gasteiger partial charge on any atom is -0.482 e. The molecule has 0 spiro atoms. The smallest absolute Gasteiger partial charge is 0.344 e. The molecule has 3 rings (SSSR count). The third-order valence-corrected chi connectivity index (χ3v) is 3.81. The van der Waals surface area contributed by atoms with Gasteiger partial charge in [-0.05, 0) is 43.2 Å². The number of H-pyrrole nitrogens is 1. The molecule has 3 aromatic rings. The largest absolute Gasteiger partial charge is 0.482 e. The number of hydrogen-bond acceptors (Lipinski definition) is 4. The van der Waals surface area contributed by atoms with Crippen LogP contribution < -0.4 is 4.74 Å². The van der Waals surface area contributed by atoms with Crippen molar-refractivity contribution in [1.82, 2.24) is 4.98 Å². The Bertz CT molecular complexity index is 906. The number of carbonyl (C=O) groups is 2. The maximum absolute atomic E-state index is 12.2. The van der Waals surface area contributed by atoms with Gasteiger partial charge in [0, 0.05) is 22.7 Å². The number of hydrogen-bond donors (Lipinski definition) is 1. The van der Waals surface area contributed by atoms with Gasteiger partial charge in [0.2, 0.25) is 5.78 Å². The lowest BCUT2D eigenvalue weighted by Crippen LogP contribution is -2.19. The third-order valence-electron chi connectivity index (χ3n) is 3.81. The number of para-hydroxylation sites is 1. The first kappa shape index (κ1) is 16.8. The lowest BCUT2D eigenvalue weighted by atomic mass is 10.1. The summed E-state index contributed by atoms with van der Waals surface area (Å²) in [5.41, 5.74) is 3.49. The first-order valence-corrected chi connectivity index (χ1v) is 7.99. The summed E-state index contributed by atoms with van der Waals surface area (Å²) in [6, 6.07) is 13.2. The van der Waals surface area contributed by atoms with Gasteiger partial charge in [-0.2, -0.15) is 0 Å². The molecular formula is C20H19NO4. The Morgan fingerprint density at radius 3 is 2.48 bits per heavy atom. The number of carbonyl (C=O) groups excluding carboxylic acids is 2. The van der Waals surface area contributed by atoms with Crippen molar-refractivity contribution in [3.63, 3.8) is 0 Å². The minimum absolute atomic E-state index is 0.232. The van der Waals surface area contributed by atoms with Crippen molar-refractivity contribution in [2.24, 2.45) is 0 Å². The van der Waals surface area contributed by atoms with Gasteiger partial charge in [-0.1, -0.05) is 24.3 Å². The van der Waals surface area contributed by atoms with Crippen LogP contribution in [0.2, 0.25) is 0 Å². The summed E-state index contributed by atoms with van der Waals surface area (Å²) in [6.07, 6.45) is 1.63. The van der Waals surface area contributed by atoms with Crippen molar-refractivity contribution in [3.8, 4) is 5.75 Å². The Balaban J connectivity index is 1.54. The molecule has 1 heterocycles. The van der Waals surface area contributed by atoms with E-state index in [1.165, 1.54) is 0 Å². The molecule has 128 valence electrons. The van der Waals surface area contributed by atoms with Crippen molar-refractivity contribution < 1.29 is 19.1 Å². The predicted octanol–water partition coefficient (Wildman–Crippen LogP) is 3.59. The van der Waals surface area contributed by atoms with Gasteiger partial charge < -0.3 is 14.5 Å². The van der Waals surface area contributed by atoms with Crippen molar-refractivity contribution in [3.05, 3.63) is 65.4 Å². The Labute approximate surface area is 145 Å². The third kappa shape index (κ3) is 4.07. The molecule has 0 atom stereocenters. The van der Waals surface area contributed by atoms with Gasteiger partial charge in [0.25, 0.3) is 0 Å². The number of aromatic nitrogens is 1. The number of ether oxygens (including phenoxy) is 2. The molecule has 0 aliphatic rings. The Morgan fingerprint density at radius 2 is 1.72 bits per heavy atom. The van der Waals surface area contributed by atoms with Crippen molar-refractivity contribution in [2.75, 3.05) is 13.2 Å².